The number of rotatable bonds is 2. The lowest BCUT2D eigenvalue weighted by molar-refractivity contribution is -0.170. The van der Waals surface area contributed by atoms with Crippen LogP contribution in [0.15, 0.2) is 18.2 Å². The van der Waals surface area contributed by atoms with Gasteiger partial charge in [0.1, 0.15) is 0 Å². The second-order valence-corrected chi connectivity index (χ2v) is 6.42. The van der Waals surface area contributed by atoms with E-state index < -0.39 is 18.1 Å². The van der Waals surface area contributed by atoms with E-state index in [1.165, 1.54) is 12.1 Å². The number of benzene rings is 1. The standard InChI is InChI=1S/C14H13BrF3NO2/c1-7-5-10-6-9(12(20)8(2)15)3-4-11(10)19(7)13(21)14(16,17)18/h3-4,6-8H,5H2,1-2H3. The molecule has 3 nitrogen and oxygen atoms in total. The SMILES string of the molecule is CC(Br)C(=O)c1ccc2c(c1)CC(C)N2C(=O)C(F)(F)F. The van der Waals surface area contributed by atoms with Gasteiger partial charge in [0.25, 0.3) is 0 Å². The molecule has 0 saturated carbocycles. The second-order valence-electron chi connectivity index (χ2n) is 5.05. The van der Waals surface area contributed by atoms with E-state index in [0.717, 1.165) is 4.90 Å². The molecule has 1 aromatic carbocycles. The van der Waals surface area contributed by atoms with E-state index >= 15 is 0 Å². The van der Waals surface area contributed by atoms with Crippen molar-refractivity contribution in [3.63, 3.8) is 0 Å². The van der Waals surface area contributed by atoms with E-state index in [9.17, 15) is 22.8 Å². The maximum Gasteiger partial charge on any atom is 0.471 e. The first-order chi connectivity index (χ1) is 9.62. The van der Waals surface area contributed by atoms with Gasteiger partial charge < -0.3 is 4.90 Å². The number of nitrogens with zero attached hydrogens (tertiary/aromatic N) is 1. The molecule has 0 bridgehead atoms. The van der Waals surface area contributed by atoms with Crippen LogP contribution in [0.25, 0.3) is 0 Å². The molecular weight excluding hydrogens is 351 g/mol. The number of carbonyl (C=O) groups is 2. The molecule has 1 aromatic rings. The lowest BCUT2D eigenvalue weighted by atomic mass is 10.0. The molecule has 2 rings (SSSR count). The maximum absolute atomic E-state index is 12.6. The Morgan fingerprint density at radius 3 is 2.52 bits per heavy atom. The molecule has 0 fully saturated rings. The molecule has 1 heterocycles. The first kappa shape index (κ1) is 16.0. The number of Topliss-reactive ketones (excluding diaryl/α,β-unsaturated/α-hetero) is 1. The van der Waals surface area contributed by atoms with Crippen LogP contribution in [0.1, 0.15) is 29.8 Å². The van der Waals surface area contributed by atoms with Gasteiger partial charge in [-0.1, -0.05) is 15.9 Å². The average Bonchev–Trinajstić information content (AvgIpc) is 2.70. The molecule has 0 aliphatic carbocycles. The van der Waals surface area contributed by atoms with Crippen molar-refractivity contribution < 1.29 is 22.8 Å². The van der Waals surface area contributed by atoms with E-state index in [1.54, 1.807) is 19.9 Å². The molecule has 0 spiro atoms. The molecule has 21 heavy (non-hydrogen) atoms. The third-order valence-corrected chi connectivity index (χ3v) is 3.82. The van der Waals surface area contributed by atoms with Gasteiger partial charge in [0.2, 0.25) is 0 Å². The van der Waals surface area contributed by atoms with Crippen LogP contribution in [0.3, 0.4) is 0 Å². The van der Waals surface area contributed by atoms with Crippen molar-refractivity contribution in [2.45, 2.75) is 37.3 Å². The Labute approximate surface area is 128 Å². The van der Waals surface area contributed by atoms with Gasteiger partial charge in [-0.2, -0.15) is 13.2 Å². The highest BCUT2D eigenvalue weighted by Gasteiger charge is 2.46. The topological polar surface area (TPSA) is 37.4 Å². The normalized spacial score (nSPS) is 19.3. The van der Waals surface area contributed by atoms with Crippen molar-refractivity contribution in [2.75, 3.05) is 4.90 Å². The Bertz CT molecular complexity index is 598. The Morgan fingerprint density at radius 1 is 1.38 bits per heavy atom. The summed E-state index contributed by atoms with van der Waals surface area (Å²) < 4.78 is 37.9. The smallest absolute Gasteiger partial charge is 0.301 e. The number of ketones is 1. The molecule has 2 atom stereocenters. The molecule has 114 valence electrons. The van der Waals surface area contributed by atoms with Crippen LogP contribution in [0.5, 0.6) is 0 Å². The number of alkyl halides is 4. The zero-order valence-electron chi connectivity index (χ0n) is 11.4. The Balaban J connectivity index is 2.39. The van der Waals surface area contributed by atoms with Crippen LogP contribution in [-0.2, 0) is 11.2 Å². The van der Waals surface area contributed by atoms with Crippen LogP contribution in [0, 0.1) is 0 Å². The predicted octanol–water partition coefficient (Wildman–Crippen LogP) is 3.49. The van der Waals surface area contributed by atoms with Gasteiger partial charge in [0, 0.05) is 17.3 Å². The number of halogens is 4. The molecule has 0 N–H and O–H groups in total. The lowest BCUT2D eigenvalue weighted by Crippen LogP contribution is -2.44. The molecule has 2 unspecified atom stereocenters. The molecule has 0 saturated heterocycles. The van der Waals surface area contributed by atoms with E-state index in [2.05, 4.69) is 15.9 Å². The van der Waals surface area contributed by atoms with Gasteiger partial charge in [0.05, 0.1) is 4.83 Å². The third-order valence-electron chi connectivity index (χ3n) is 3.40. The van der Waals surface area contributed by atoms with Crippen LogP contribution in [-0.4, -0.2) is 28.7 Å². The van der Waals surface area contributed by atoms with E-state index in [4.69, 9.17) is 0 Å². The van der Waals surface area contributed by atoms with Gasteiger partial charge in [-0.05, 0) is 44.0 Å². The number of anilines is 1. The fourth-order valence-corrected chi connectivity index (χ4v) is 2.72. The fraction of sp³-hybridized carbons (Fsp3) is 0.429. The van der Waals surface area contributed by atoms with Crippen molar-refractivity contribution in [1.29, 1.82) is 0 Å². The van der Waals surface area contributed by atoms with Crippen LogP contribution in [0.2, 0.25) is 0 Å². The van der Waals surface area contributed by atoms with Gasteiger partial charge >= 0.3 is 12.1 Å². The summed E-state index contributed by atoms with van der Waals surface area (Å²) in [6.07, 6.45) is -4.61. The summed E-state index contributed by atoms with van der Waals surface area (Å²) >= 11 is 3.17. The van der Waals surface area contributed by atoms with E-state index in [1.807, 2.05) is 0 Å². The minimum Gasteiger partial charge on any atom is -0.301 e. The summed E-state index contributed by atoms with van der Waals surface area (Å²) in [7, 11) is 0. The molecule has 1 amide bonds. The zero-order valence-corrected chi connectivity index (χ0v) is 13.0. The highest BCUT2D eigenvalue weighted by molar-refractivity contribution is 9.10. The minimum atomic E-state index is -4.91. The van der Waals surface area contributed by atoms with Crippen LogP contribution < -0.4 is 4.90 Å². The summed E-state index contributed by atoms with van der Waals surface area (Å²) in [5.74, 6) is -2.02. The first-order valence-electron chi connectivity index (χ1n) is 6.34. The van der Waals surface area contributed by atoms with Gasteiger partial charge in [-0.3, -0.25) is 9.59 Å². The average molecular weight is 364 g/mol. The monoisotopic (exact) mass is 363 g/mol. The number of carbonyl (C=O) groups excluding carboxylic acids is 2. The molecule has 0 radical (unpaired) electrons. The van der Waals surface area contributed by atoms with Crippen molar-refractivity contribution in [1.82, 2.24) is 0 Å². The summed E-state index contributed by atoms with van der Waals surface area (Å²) in [6.45, 7) is 3.23. The van der Waals surface area contributed by atoms with Crippen molar-refractivity contribution >= 4 is 33.3 Å². The number of hydrogen-bond donors (Lipinski definition) is 0. The van der Waals surface area contributed by atoms with Crippen molar-refractivity contribution in [2.24, 2.45) is 0 Å². The minimum absolute atomic E-state index is 0.147. The Kier molecular flexibility index (Phi) is 4.15. The lowest BCUT2D eigenvalue weighted by Gasteiger charge is -2.23. The fourth-order valence-electron chi connectivity index (χ4n) is 2.46. The third kappa shape index (κ3) is 2.97. The quantitative estimate of drug-likeness (QED) is 0.595. The summed E-state index contributed by atoms with van der Waals surface area (Å²) in [6, 6.07) is 3.84. The van der Waals surface area contributed by atoms with Crippen LogP contribution >= 0.6 is 15.9 Å². The molecule has 0 aromatic heterocycles. The van der Waals surface area contributed by atoms with Gasteiger partial charge in [-0.15, -0.1) is 0 Å². The summed E-state index contributed by atoms with van der Waals surface area (Å²) in [4.78, 5) is 23.8. The number of amides is 1. The summed E-state index contributed by atoms with van der Waals surface area (Å²) in [5, 5.41) is 0. The molecular formula is C14H13BrF3NO2. The number of fused-ring (bicyclic) bond motifs is 1. The van der Waals surface area contributed by atoms with E-state index in [0.29, 0.717) is 17.5 Å². The highest BCUT2D eigenvalue weighted by Crippen LogP contribution is 2.36. The second kappa shape index (κ2) is 5.44. The first-order valence-corrected chi connectivity index (χ1v) is 7.26. The van der Waals surface area contributed by atoms with Crippen LogP contribution in [0.4, 0.5) is 18.9 Å². The van der Waals surface area contributed by atoms with Crippen molar-refractivity contribution in [3.05, 3.63) is 29.3 Å². The predicted molar refractivity (Wildman–Crippen MR) is 75.9 cm³/mol. The Morgan fingerprint density at radius 2 is 2.00 bits per heavy atom. The Hall–Kier alpha value is -1.37. The molecule has 1 aliphatic rings. The molecule has 7 heteroatoms. The summed E-state index contributed by atoms with van der Waals surface area (Å²) in [5.41, 5.74) is 1.23. The largest absolute Gasteiger partial charge is 0.471 e. The van der Waals surface area contributed by atoms with E-state index in [-0.39, 0.29) is 16.3 Å². The maximum atomic E-state index is 12.6. The molecule has 1 aliphatic heterocycles. The van der Waals surface area contributed by atoms with Crippen molar-refractivity contribution in [3.8, 4) is 0 Å². The zero-order chi connectivity index (χ0) is 15.9. The van der Waals surface area contributed by atoms with Gasteiger partial charge in [-0.25, -0.2) is 0 Å². The highest BCUT2D eigenvalue weighted by atomic mass is 79.9. The number of hydrogen-bond acceptors (Lipinski definition) is 2. The van der Waals surface area contributed by atoms with Gasteiger partial charge in [0.15, 0.2) is 5.78 Å².